The quantitative estimate of drug-likeness (QED) is 0.409. The smallest absolute Gasteiger partial charge is 0.550 e. The van der Waals surface area contributed by atoms with Crippen molar-refractivity contribution < 1.29 is 70.8 Å². The van der Waals surface area contributed by atoms with Gasteiger partial charge in [-0.2, -0.15) is 0 Å². The van der Waals surface area contributed by atoms with E-state index in [1.807, 2.05) is 0 Å². The van der Waals surface area contributed by atoms with Crippen molar-refractivity contribution in [2.45, 2.75) is 19.1 Å². The van der Waals surface area contributed by atoms with Gasteiger partial charge in [-0.3, -0.25) is 0 Å². The zero-order chi connectivity index (χ0) is 7.61. The number of carboxylic acid groups (broad SMARTS) is 1. The minimum absolute atomic E-state index is 0. The molecule has 1 fully saturated rings. The van der Waals surface area contributed by atoms with Crippen molar-refractivity contribution in [2.75, 3.05) is 13.2 Å². The number of carbonyl (C=O) groups excluding carboxylic acids is 1. The third-order valence-electron chi connectivity index (χ3n) is 1.36. The van der Waals surface area contributed by atoms with E-state index in [4.69, 9.17) is 9.47 Å². The second-order valence-electron chi connectivity index (χ2n) is 2.38. The van der Waals surface area contributed by atoms with Gasteiger partial charge in [-0.25, -0.2) is 0 Å². The van der Waals surface area contributed by atoms with Gasteiger partial charge in [0.15, 0.2) is 5.79 Å². The van der Waals surface area contributed by atoms with E-state index in [1.165, 1.54) is 0 Å². The molecule has 1 heterocycles. The summed E-state index contributed by atoms with van der Waals surface area (Å²) in [4.78, 5) is 10.1. The zero-order valence-electron chi connectivity index (χ0n) is 6.75. The molecule has 0 atom stereocenters. The predicted octanol–water partition coefficient (Wildman–Crippen LogP) is -4.11. The third-order valence-corrected chi connectivity index (χ3v) is 1.36. The summed E-state index contributed by atoms with van der Waals surface area (Å²) in [6.45, 7) is 2.52. The molecular weight excluding hydrogens is 175 g/mol. The van der Waals surface area contributed by atoms with E-state index in [2.05, 4.69) is 0 Å². The average molecular weight is 184 g/mol. The first-order valence-corrected chi connectivity index (χ1v) is 3.10. The summed E-state index contributed by atoms with van der Waals surface area (Å²) in [7, 11) is 0. The molecule has 1 saturated heterocycles. The zero-order valence-corrected chi connectivity index (χ0v) is 9.88. The van der Waals surface area contributed by atoms with Gasteiger partial charge in [0.1, 0.15) is 0 Å². The summed E-state index contributed by atoms with van der Waals surface area (Å²) in [5, 5.41) is 10.1. The second-order valence-corrected chi connectivity index (χ2v) is 2.38. The molecule has 0 aromatic heterocycles. The topological polar surface area (TPSA) is 58.6 Å². The number of aliphatic carboxylic acids is 1. The molecule has 1 aliphatic heterocycles. The van der Waals surface area contributed by atoms with Crippen molar-refractivity contribution in [2.24, 2.45) is 0 Å². The van der Waals surface area contributed by atoms with Crippen molar-refractivity contribution in [3.05, 3.63) is 0 Å². The summed E-state index contributed by atoms with van der Waals surface area (Å²) in [5.74, 6) is -2.09. The Balaban J connectivity index is 0.000001000. The molecule has 1 aliphatic rings. The van der Waals surface area contributed by atoms with Gasteiger partial charge in [-0.05, 0) is 6.92 Å². The van der Waals surface area contributed by atoms with Crippen LogP contribution in [0.4, 0.5) is 0 Å². The normalized spacial score (nSPS) is 20.8. The molecule has 0 spiro atoms. The number of hydrogen-bond donors (Lipinski definition) is 0. The van der Waals surface area contributed by atoms with Crippen LogP contribution < -0.4 is 56.5 Å². The molecule has 0 aromatic rings. The largest absolute Gasteiger partial charge is 1.00 e. The third kappa shape index (κ3) is 3.98. The number of carbonyl (C=O) groups is 1. The summed E-state index contributed by atoms with van der Waals surface area (Å²) in [6.07, 6.45) is -0.201. The molecule has 0 unspecified atom stereocenters. The number of carboxylic acids is 1. The Kier molecular flexibility index (Phi) is 5.37. The van der Waals surface area contributed by atoms with Crippen LogP contribution in [0.1, 0.15) is 13.3 Å². The molecule has 0 saturated carbocycles. The van der Waals surface area contributed by atoms with E-state index >= 15 is 0 Å². The van der Waals surface area contributed by atoms with Gasteiger partial charge in [0.05, 0.1) is 13.2 Å². The summed E-state index contributed by atoms with van der Waals surface area (Å²) in [5.41, 5.74) is 0. The molecule has 58 valence electrons. The monoisotopic (exact) mass is 184 g/mol. The average Bonchev–Trinajstić information content (AvgIpc) is 2.12. The van der Waals surface area contributed by atoms with Crippen LogP contribution in [-0.2, 0) is 14.3 Å². The Hall–Kier alpha value is 1.03. The van der Waals surface area contributed by atoms with Gasteiger partial charge in [0, 0.05) is 12.4 Å². The summed E-state index contributed by atoms with van der Waals surface area (Å²) in [6, 6.07) is 0. The van der Waals surface area contributed by atoms with Crippen molar-refractivity contribution in [1.82, 2.24) is 0 Å². The summed E-state index contributed by atoms with van der Waals surface area (Å²) < 4.78 is 10.0. The van der Waals surface area contributed by atoms with Crippen LogP contribution in [0.15, 0.2) is 0 Å². The molecule has 11 heavy (non-hydrogen) atoms. The minimum Gasteiger partial charge on any atom is -0.550 e. The molecule has 0 N–H and O–H groups in total. The molecular formula is C6H9KO4. The molecule has 0 aromatic carbocycles. The van der Waals surface area contributed by atoms with Gasteiger partial charge < -0.3 is 19.4 Å². The Bertz CT molecular complexity index is 142. The molecule has 0 amide bonds. The fourth-order valence-electron chi connectivity index (χ4n) is 0.921. The molecule has 0 bridgehead atoms. The van der Waals surface area contributed by atoms with Crippen LogP contribution in [-0.4, -0.2) is 25.0 Å². The van der Waals surface area contributed by atoms with E-state index in [0.717, 1.165) is 0 Å². The van der Waals surface area contributed by atoms with Crippen LogP contribution in [0.3, 0.4) is 0 Å². The van der Waals surface area contributed by atoms with Gasteiger partial charge in [0.2, 0.25) is 0 Å². The Labute approximate surface area is 108 Å². The number of ether oxygens (including phenoxy) is 2. The molecule has 4 nitrogen and oxygen atoms in total. The van der Waals surface area contributed by atoms with Crippen LogP contribution in [0.5, 0.6) is 0 Å². The summed E-state index contributed by atoms with van der Waals surface area (Å²) >= 11 is 0. The van der Waals surface area contributed by atoms with E-state index in [9.17, 15) is 9.90 Å². The fourth-order valence-corrected chi connectivity index (χ4v) is 0.921. The van der Waals surface area contributed by atoms with Crippen molar-refractivity contribution >= 4 is 5.97 Å². The second kappa shape index (κ2) is 4.91. The van der Waals surface area contributed by atoms with Crippen LogP contribution in [0.2, 0.25) is 0 Å². The first kappa shape index (κ1) is 12.0. The molecule has 1 rings (SSSR count). The van der Waals surface area contributed by atoms with Gasteiger partial charge in [-0.1, -0.05) is 0 Å². The SMILES string of the molecule is CC1(CC(=O)[O-])OCCO1.[K+]. The van der Waals surface area contributed by atoms with E-state index in [1.54, 1.807) is 6.92 Å². The maximum atomic E-state index is 10.1. The van der Waals surface area contributed by atoms with E-state index < -0.39 is 11.8 Å². The standard InChI is InChI=1S/C6H10O4.K/c1-6(4-5(7)8)9-2-3-10-6;/h2-4H2,1H3,(H,7,8);/q;+1/p-1. The molecule has 0 aliphatic carbocycles. The van der Waals surface area contributed by atoms with Crippen molar-refractivity contribution in [3.8, 4) is 0 Å². The van der Waals surface area contributed by atoms with Gasteiger partial charge in [0.25, 0.3) is 0 Å². The van der Waals surface area contributed by atoms with E-state index in [-0.39, 0.29) is 57.8 Å². The van der Waals surface area contributed by atoms with Gasteiger partial charge >= 0.3 is 51.4 Å². The fraction of sp³-hybridized carbons (Fsp3) is 0.833. The molecule has 0 radical (unpaired) electrons. The van der Waals surface area contributed by atoms with E-state index in [0.29, 0.717) is 13.2 Å². The Morgan fingerprint density at radius 3 is 2.36 bits per heavy atom. The Morgan fingerprint density at radius 2 is 2.00 bits per heavy atom. The maximum Gasteiger partial charge on any atom is 1.00 e. The van der Waals surface area contributed by atoms with Crippen LogP contribution >= 0.6 is 0 Å². The van der Waals surface area contributed by atoms with Crippen LogP contribution in [0, 0.1) is 0 Å². The minimum atomic E-state index is -1.15. The van der Waals surface area contributed by atoms with Crippen molar-refractivity contribution in [3.63, 3.8) is 0 Å². The first-order valence-electron chi connectivity index (χ1n) is 3.10. The number of hydrogen-bond acceptors (Lipinski definition) is 4. The van der Waals surface area contributed by atoms with Crippen LogP contribution in [0.25, 0.3) is 0 Å². The van der Waals surface area contributed by atoms with Gasteiger partial charge in [-0.15, -0.1) is 0 Å². The predicted molar refractivity (Wildman–Crippen MR) is 29.9 cm³/mol. The first-order chi connectivity index (χ1) is 4.62. The maximum absolute atomic E-state index is 10.1. The molecule has 5 heteroatoms. The number of rotatable bonds is 2. The van der Waals surface area contributed by atoms with Crippen molar-refractivity contribution in [1.29, 1.82) is 0 Å². The Morgan fingerprint density at radius 1 is 1.55 bits per heavy atom.